The zero-order valence-electron chi connectivity index (χ0n) is 12.8. The number of rotatable bonds is 5. The van der Waals surface area contributed by atoms with Crippen molar-refractivity contribution in [2.75, 3.05) is 37.6 Å². The Bertz CT molecular complexity index is 426. The van der Waals surface area contributed by atoms with Gasteiger partial charge in [-0.2, -0.15) is 0 Å². The van der Waals surface area contributed by atoms with Gasteiger partial charge in [-0.15, -0.1) is 0 Å². The molecule has 3 nitrogen and oxygen atoms in total. The van der Waals surface area contributed by atoms with E-state index in [0.717, 1.165) is 30.7 Å². The van der Waals surface area contributed by atoms with Gasteiger partial charge in [-0.25, -0.2) is 0 Å². The summed E-state index contributed by atoms with van der Waals surface area (Å²) in [5, 5.41) is 3.53. The maximum atomic E-state index is 3.59. The van der Waals surface area contributed by atoms with Gasteiger partial charge in [0.2, 0.25) is 0 Å². The summed E-state index contributed by atoms with van der Waals surface area (Å²) in [5.41, 5.74) is 2.77. The van der Waals surface area contributed by atoms with Crippen molar-refractivity contribution >= 4 is 21.6 Å². The van der Waals surface area contributed by atoms with Crippen molar-refractivity contribution in [2.45, 2.75) is 33.4 Å². The molecule has 1 heterocycles. The van der Waals surface area contributed by atoms with E-state index in [0.29, 0.717) is 6.04 Å². The Kier molecular flexibility index (Phi) is 5.87. The minimum atomic E-state index is 0.513. The second-order valence-electron chi connectivity index (χ2n) is 5.73. The molecule has 4 heteroatoms. The number of nitrogens with zero attached hydrogens (tertiary/aromatic N) is 2. The fourth-order valence-corrected chi connectivity index (χ4v) is 3.03. The largest absolute Gasteiger partial charge is 0.369 e. The van der Waals surface area contributed by atoms with Crippen LogP contribution in [0.1, 0.15) is 26.3 Å². The van der Waals surface area contributed by atoms with Crippen LogP contribution in [0.3, 0.4) is 0 Å². The van der Waals surface area contributed by atoms with E-state index in [1.807, 2.05) is 0 Å². The molecule has 1 N–H and O–H groups in total. The second-order valence-corrected chi connectivity index (χ2v) is 6.65. The highest BCUT2D eigenvalue weighted by Gasteiger charge is 2.18. The summed E-state index contributed by atoms with van der Waals surface area (Å²) in [6, 6.07) is 7.17. The van der Waals surface area contributed by atoms with Crippen LogP contribution in [0, 0.1) is 0 Å². The third-order valence-electron chi connectivity index (χ3n) is 3.90. The van der Waals surface area contributed by atoms with E-state index in [1.54, 1.807) is 0 Å². The first-order valence-electron chi connectivity index (χ1n) is 7.59. The van der Waals surface area contributed by atoms with Gasteiger partial charge in [0.15, 0.2) is 0 Å². The van der Waals surface area contributed by atoms with Gasteiger partial charge < -0.3 is 15.1 Å². The van der Waals surface area contributed by atoms with Crippen LogP contribution in [0.15, 0.2) is 22.7 Å². The van der Waals surface area contributed by atoms with Crippen LogP contribution in [0.4, 0.5) is 5.69 Å². The molecule has 1 fully saturated rings. The van der Waals surface area contributed by atoms with Crippen molar-refractivity contribution in [3.8, 4) is 0 Å². The standard InChI is InChI=1S/C16H26BrN3/c1-4-19-7-9-20(10-8-19)16-6-5-15(17)11-14(16)12-18-13(2)3/h5-6,11,13,18H,4,7-10,12H2,1-3H3. The van der Waals surface area contributed by atoms with Crippen LogP contribution in [0.2, 0.25) is 0 Å². The average molecular weight is 340 g/mol. The quantitative estimate of drug-likeness (QED) is 0.889. The molecule has 0 saturated carbocycles. The van der Waals surface area contributed by atoms with Crippen LogP contribution >= 0.6 is 15.9 Å². The Balaban J connectivity index is 2.10. The lowest BCUT2D eigenvalue weighted by Crippen LogP contribution is -2.46. The molecule has 0 aromatic heterocycles. The lowest BCUT2D eigenvalue weighted by Gasteiger charge is -2.36. The zero-order valence-corrected chi connectivity index (χ0v) is 14.4. The lowest BCUT2D eigenvalue weighted by atomic mass is 10.1. The van der Waals surface area contributed by atoms with E-state index in [2.05, 4.69) is 70.0 Å². The monoisotopic (exact) mass is 339 g/mol. The third kappa shape index (κ3) is 4.21. The number of anilines is 1. The molecule has 0 unspecified atom stereocenters. The van der Waals surface area contributed by atoms with E-state index in [9.17, 15) is 0 Å². The van der Waals surface area contributed by atoms with Gasteiger partial charge >= 0.3 is 0 Å². The highest BCUT2D eigenvalue weighted by Crippen LogP contribution is 2.25. The topological polar surface area (TPSA) is 18.5 Å². The highest BCUT2D eigenvalue weighted by molar-refractivity contribution is 9.10. The number of piperazine rings is 1. The molecule has 0 atom stereocenters. The minimum absolute atomic E-state index is 0.513. The predicted octanol–water partition coefficient (Wildman–Crippen LogP) is 3.09. The Morgan fingerprint density at radius 2 is 1.90 bits per heavy atom. The lowest BCUT2D eigenvalue weighted by molar-refractivity contribution is 0.271. The van der Waals surface area contributed by atoms with Crippen LogP contribution in [0.5, 0.6) is 0 Å². The number of likely N-dealkylation sites (N-methyl/N-ethyl adjacent to an activating group) is 1. The van der Waals surface area contributed by atoms with Crippen molar-refractivity contribution in [1.82, 2.24) is 10.2 Å². The van der Waals surface area contributed by atoms with Gasteiger partial charge in [-0.3, -0.25) is 0 Å². The number of halogens is 1. The third-order valence-corrected chi connectivity index (χ3v) is 4.40. The van der Waals surface area contributed by atoms with E-state index in [4.69, 9.17) is 0 Å². The van der Waals surface area contributed by atoms with Crippen LogP contribution in [-0.2, 0) is 6.54 Å². The summed E-state index contributed by atoms with van der Waals surface area (Å²) in [6.45, 7) is 13.3. The normalized spacial score (nSPS) is 16.9. The number of nitrogens with one attached hydrogen (secondary N) is 1. The molecule has 1 aromatic carbocycles. The number of hydrogen-bond acceptors (Lipinski definition) is 3. The molecule has 0 amide bonds. The van der Waals surface area contributed by atoms with Gasteiger partial charge in [0.05, 0.1) is 0 Å². The van der Waals surface area contributed by atoms with Gasteiger partial charge in [0, 0.05) is 48.9 Å². The van der Waals surface area contributed by atoms with Gasteiger partial charge in [-0.05, 0) is 30.3 Å². The van der Waals surface area contributed by atoms with Crippen molar-refractivity contribution in [3.63, 3.8) is 0 Å². The Morgan fingerprint density at radius 1 is 1.20 bits per heavy atom. The van der Waals surface area contributed by atoms with E-state index in [1.165, 1.54) is 24.3 Å². The fraction of sp³-hybridized carbons (Fsp3) is 0.625. The Hall–Kier alpha value is -0.580. The van der Waals surface area contributed by atoms with Gasteiger partial charge in [-0.1, -0.05) is 36.7 Å². The molecule has 2 rings (SSSR count). The van der Waals surface area contributed by atoms with Crippen LogP contribution in [0.25, 0.3) is 0 Å². The molecule has 0 radical (unpaired) electrons. The van der Waals surface area contributed by atoms with E-state index >= 15 is 0 Å². The molecule has 1 saturated heterocycles. The molecule has 0 aliphatic carbocycles. The van der Waals surface area contributed by atoms with Gasteiger partial charge in [0.25, 0.3) is 0 Å². The maximum Gasteiger partial charge on any atom is 0.0413 e. The molecule has 0 spiro atoms. The molecule has 112 valence electrons. The molecule has 1 aromatic rings. The first-order chi connectivity index (χ1) is 9.60. The fourth-order valence-electron chi connectivity index (χ4n) is 2.62. The summed E-state index contributed by atoms with van der Waals surface area (Å²) >= 11 is 3.59. The first-order valence-corrected chi connectivity index (χ1v) is 8.38. The summed E-state index contributed by atoms with van der Waals surface area (Å²) in [6.07, 6.45) is 0. The highest BCUT2D eigenvalue weighted by atomic mass is 79.9. The van der Waals surface area contributed by atoms with E-state index in [-0.39, 0.29) is 0 Å². The maximum absolute atomic E-state index is 3.59. The summed E-state index contributed by atoms with van der Waals surface area (Å²) in [4.78, 5) is 5.04. The molecular formula is C16H26BrN3. The van der Waals surface area contributed by atoms with Crippen molar-refractivity contribution in [3.05, 3.63) is 28.2 Å². The molecule has 1 aliphatic heterocycles. The minimum Gasteiger partial charge on any atom is -0.369 e. The van der Waals surface area contributed by atoms with Crippen molar-refractivity contribution < 1.29 is 0 Å². The molecule has 0 bridgehead atoms. The predicted molar refractivity (Wildman–Crippen MR) is 90.4 cm³/mol. The van der Waals surface area contributed by atoms with E-state index < -0.39 is 0 Å². The Morgan fingerprint density at radius 3 is 2.50 bits per heavy atom. The smallest absolute Gasteiger partial charge is 0.0413 e. The number of benzene rings is 1. The summed E-state index contributed by atoms with van der Waals surface area (Å²) in [7, 11) is 0. The van der Waals surface area contributed by atoms with Crippen LogP contribution in [-0.4, -0.2) is 43.7 Å². The molecule has 1 aliphatic rings. The molecule has 20 heavy (non-hydrogen) atoms. The SMILES string of the molecule is CCN1CCN(c2ccc(Br)cc2CNC(C)C)CC1. The summed E-state index contributed by atoms with van der Waals surface area (Å²) in [5.74, 6) is 0. The van der Waals surface area contributed by atoms with Gasteiger partial charge in [0.1, 0.15) is 0 Å². The first kappa shape index (κ1) is 15.8. The Labute approximate surface area is 131 Å². The van der Waals surface area contributed by atoms with Crippen LogP contribution < -0.4 is 10.2 Å². The average Bonchev–Trinajstić information content (AvgIpc) is 2.45. The molecular weight excluding hydrogens is 314 g/mol. The van der Waals surface area contributed by atoms with Crippen molar-refractivity contribution in [2.24, 2.45) is 0 Å². The number of hydrogen-bond donors (Lipinski definition) is 1. The zero-order chi connectivity index (χ0) is 14.5. The second kappa shape index (κ2) is 7.43. The summed E-state index contributed by atoms with van der Waals surface area (Å²) < 4.78 is 1.16. The van der Waals surface area contributed by atoms with Crippen molar-refractivity contribution in [1.29, 1.82) is 0 Å².